The van der Waals surface area contributed by atoms with Crippen molar-refractivity contribution in [3.05, 3.63) is 65.2 Å². The molecule has 0 aliphatic carbocycles. The summed E-state index contributed by atoms with van der Waals surface area (Å²) in [7, 11) is -3.63. The average Bonchev–Trinajstić information content (AvgIpc) is 2.79. The van der Waals surface area contributed by atoms with Crippen LogP contribution in [0.15, 0.2) is 53.4 Å². The summed E-state index contributed by atoms with van der Waals surface area (Å²) in [5, 5.41) is 5.22. The molecule has 172 valence electrons. The lowest BCUT2D eigenvalue weighted by atomic mass is 10.0. The highest BCUT2D eigenvalue weighted by Gasteiger charge is 2.34. The second kappa shape index (κ2) is 10.7. The predicted molar refractivity (Wildman–Crippen MR) is 123 cm³/mol. The molecule has 2 amide bonds. The first kappa shape index (κ1) is 23.9. The number of amides is 2. The van der Waals surface area contributed by atoms with E-state index in [1.54, 1.807) is 17.3 Å². The molecule has 3 rings (SSSR count). The molecule has 2 aromatic carbocycles. The number of hydrogen-bond donors (Lipinski definition) is 2. The minimum Gasteiger partial charge on any atom is -0.348 e. The van der Waals surface area contributed by atoms with Gasteiger partial charge in [0, 0.05) is 25.7 Å². The molecule has 2 aromatic rings. The molecule has 8 heteroatoms. The van der Waals surface area contributed by atoms with Crippen LogP contribution in [0.2, 0.25) is 0 Å². The highest BCUT2D eigenvalue weighted by Crippen LogP contribution is 2.29. The van der Waals surface area contributed by atoms with E-state index in [2.05, 4.69) is 10.6 Å². The van der Waals surface area contributed by atoms with Gasteiger partial charge in [0.2, 0.25) is 10.0 Å². The van der Waals surface area contributed by atoms with Gasteiger partial charge in [0.1, 0.15) is 0 Å². The number of rotatable bonds is 7. The van der Waals surface area contributed by atoms with Crippen molar-refractivity contribution in [3.8, 4) is 0 Å². The molecule has 0 saturated carbocycles. The number of hydrogen-bond acceptors (Lipinski definition) is 4. The monoisotopic (exact) mass is 457 g/mol. The maximum Gasteiger partial charge on any atom is 0.309 e. The Morgan fingerprint density at radius 2 is 1.72 bits per heavy atom. The standard InChI is InChI=1S/C24H31N3O4S/c1-18-11-12-19(2)22(16-18)32(30,31)27-15-7-6-10-21(27)13-14-25-23(28)24(29)26-17-20-8-4-3-5-9-20/h3-5,8-9,11-12,16,21H,6-7,10,13-15,17H2,1-2H3,(H,25,28)(H,26,29)/t21-/m0/s1. The third-order valence-electron chi connectivity index (χ3n) is 5.77. The van der Waals surface area contributed by atoms with Crippen LogP contribution in [-0.4, -0.2) is 43.7 Å². The van der Waals surface area contributed by atoms with Crippen LogP contribution in [0, 0.1) is 13.8 Å². The molecule has 0 radical (unpaired) electrons. The van der Waals surface area contributed by atoms with Crippen LogP contribution in [0.3, 0.4) is 0 Å². The minimum absolute atomic E-state index is 0.207. The van der Waals surface area contributed by atoms with E-state index in [0.29, 0.717) is 17.9 Å². The molecule has 0 unspecified atom stereocenters. The number of aryl methyl sites for hydroxylation is 2. The summed E-state index contributed by atoms with van der Waals surface area (Å²) in [6.45, 7) is 4.66. The van der Waals surface area contributed by atoms with E-state index < -0.39 is 21.8 Å². The summed E-state index contributed by atoms with van der Waals surface area (Å²) in [6.07, 6.45) is 2.95. The smallest absolute Gasteiger partial charge is 0.309 e. The van der Waals surface area contributed by atoms with Gasteiger partial charge in [0.25, 0.3) is 0 Å². The second-order valence-corrected chi connectivity index (χ2v) is 10.1. The molecule has 32 heavy (non-hydrogen) atoms. The number of nitrogens with one attached hydrogen (secondary N) is 2. The third kappa shape index (κ3) is 5.95. The number of carbonyl (C=O) groups is 2. The highest BCUT2D eigenvalue weighted by molar-refractivity contribution is 7.89. The number of sulfonamides is 1. The van der Waals surface area contributed by atoms with Gasteiger partial charge in [-0.05, 0) is 55.9 Å². The summed E-state index contributed by atoms with van der Waals surface area (Å²) in [5.41, 5.74) is 2.53. The largest absolute Gasteiger partial charge is 0.348 e. The Morgan fingerprint density at radius 1 is 1.00 bits per heavy atom. The Hall–Kier alpha value is -2.71. The van der Waals surface area contributed by atoms with Crippen molar-refractivity contribution in [1.29, 1.82) is 0 Å². The van der Waals surface area contributed by atoms with Crippen LogP contribution in [-0.2, 0) is 26.2 Å². The SMILES string of the molecule is Cc1ccc(C)c(S(=O)(=O)N2CCCC[C@H]2CCNC(=O)C(=O)NCc2ccccc2)c1. The van der Waals surface area contributed by atoms with E-state index in [-0.39, 0.29) is 19.1 Å². The topological polar surface area (TPSA) is 95.6 Å². The van der Waals surface area contributed by atoms with Gasteiger partial charge in [0.05, 0.1) is 4.90 Å². The van der Waals surface area contributed by atoms with Gasteiger partial charge < -0.3 is 10.6 Å². The summed E-state index contributed by atoms with van der Waals surface area (Å²) < 4.78 is 28.3. The molecular weight excluding hydrogens is 426 g/mol. The van der Waals surface area contributed by atoms with Crippen molar-refractivity contribution in [3.63, 3.8) is 0 Å². The first-order valence-corrected chi connectivity index (χ1v) is 12.4. The minimum atomic E-state index is -3.63. The summed E-state index contributed by atoms with van der Waals surface area (Å²) in [4.78, 5) is 24.5. The van der Waals surface area contributed by atoms with Crippen LogP contribution in [0.25, 0.3) is 0 Å². The average molecular weight is 458 g/mol. The summed E-state index contributed by atoms with van der Waals surface area (Å²) in [6, 6.07) is 14.6. The number of benzene rings is 2. The van der Waals surface area contributed by atoms with E-state index in [9.17, 15) is 18.0 Å². The van der Waals surface area contributed by atoms with Crippen LogP contribution in [0.5, 0.6) is 0 Å². The van der Waals surface area contributed by atoms with Gasteiger partial charge in [-0.3, -0.25) is 9.59 Å². The number of nitrogens with zero attached hydrogens (tertiary/aromatic N) is 1. The fraction of sp³-hybridized carbons (Fsp3) is 0.417. The molecule has 1 saturated heterocycles. The fourth-order valence-electron chi connectivity index (χ4n) is 3.98. The van der Waals surface area contributed by atoms with E-state index in [1.807, 2.05) is 49.4 Å². The fourth-order valence-corrected chi connectivity index (χ4v) is 6.02. The number of carbonyl (C=O) groups excluding carboxylic acids is 2. The van der Waals surface area contributed by atoms with Crippen molar-refractivity contribution in [1.82, 2.24) is 14.9 Å². The molecule has 7 nitrogen and oxygen atoms in total. The quantitative estimate of drug-likeness (QED) is 0.625. The lowest BCUT2D eigenvalue weighted by Gasteiger charge is -2.35. The van der Waals surface area contributed by atoms with Gasteiger partial charge in [0.15, 0.2) is 0 Å². The molecule has 1 aliphatic heterocycles. The van der Waals surface area contributed by atoms with Gasteiger partial charge >= 0.3 is 11.8 Å². The Kier molecular flexibility index (Phi) is 8.04. The van der Waals surface area contributed by atoms with Crippen LogP contribution >= 0.6 is 0 Å². The van der Waals surface area contributed by atoms with Crippen molar-refractivity contribution in [2.24, 2.45) is 0 Å². The molecule has 0 bridgehead atoms. The first-order valence-electron chi connectivity index (χ1n) is 11.0. The Morgan fingerprint density at radius 3 is 2.47 bits per heavy atom. The highest BCUT2D eigenvalue weighted by atomic mass is 32.2. The van der Waals surface area contributed by atoms with Crippen molar-refractivity contribution < 1.29 is 18.0 Å². The van der Waals surface area contributed by atoms with Crippen LogP contribution in [0.4, 0.5) is 0 Å². The predicted octanol–water partition coefficient (Wildman–Crippen LogP) is 2.67. The van der Waals surface area contributed by atoms with Gasteiger partial charge in [-0.25, -0.2) is 8.42 Å². The number of piperidine rings is 1. The lowest BCUT2D eigenvalue weighted by molar-refractivity contribution is -0.139. The maximum absolute atomic E-state index is 13.4. The Labute approximate surface area is 190 Å². The van der Waals surface area contributed by atoms with Crippen LogP contribution < -0.4 is 10.6 Å². The molecule has 1 fully saturated rings. The molecule has 1 aliphatic rings. The molecule has 1 heterocycles. The Balaban J connectivity index is 1.56. The zero-order valence-electron chi connectivity index (χ0n) is 18.6. The lowest BCUT2D eigenvalue weighted by Crippen LogP contribution is -2.46. The second-order valence-electron chi connectivity index (χ2n) is 8.25. The summed E-state index contributed by atoms with van der Waals surface area (Å²) >= 11 is 0. The normalized spacial score (nSPS) is 17.0. The maximum atomic E-state index is 13.4. The van der Waals surface area contributed by atoms with Gasteiger partial charge in [-0.15, -0.1) is 0 Å². The molecular formula is C24H31N3O4S. The molecule has 0 aromatic heterocycles. The zero-order chi connectivity index (χ0) is 23.1. The summed E-state index contributed by atoms with van der Waals surface area (Å²) in [5.74, 6) is -1.40. The van der Waals surface area contributed by atoms with Crippen molar-refractivity contribution in [2.75, 3.05) is 13.1 Å². The molecule has 1 atom stereocenters. The molecule has 2 N–H and O–H groups in total. The Bertz CT molecular complexity index is 1050. The van der Waals surface area contributed by atoms with Crippen molar-refractivity contribution in [2.45, 2.75) is 57.0 Å². The molecule has 0 spiro atoms. The van der Waals surface area contributed by atoms with Crippen LogP contribution in [0.1, 0.15) is 42.4 Å². The van der Waals surface area contributed by atoms with Gasteiger partial charge in [-0.2, -0.15) is 4.31 Å². The zero-order valence-corrected chi connectivity index (χ0v) is 19.5. The van der Waals surface area contributed by atoms with E-state index in [0.717, 1.165) is 36.0 Å². The third-order valence-corrected chi connectivity index (χ3v) is 7.86. The van der Waals surface area contributed by atoms with E-state index in [4.69, 9.17) is 0 Å². The first-order chi connectivity index (χ1) is 15.3. The van der Waals surface area contributed by atoms with Gasteiger partial charge in [-0.1, -0.05) is 48.9 Å². The van der Waals surface area contributed by atoms with E-state index >= 15 is 0 Å². The van der Waals surface area contributed by atoms with E-state index in [1.165, 1.54) is 0 Å². The van der Waals surface area contributed by atoms with Crippen molar-refractivity contribution >= 4 is 21.8 Å².